The van der Waals surface area contributed by atoms with Crippen LogP contribution in [0.25, 0.3) is 0 Å². The number of nitrogens with one attached hydrogen (secondary N) is 1. The summed E-state index contributed by atoms with van der Waals surface area (Å²) >= 11 is 0. The molecule has 0 unspecified atom stereocenters. The number of benzene rings is 1. The van der Waals surface area contributed by atoms with E-state index in [1.165, 1.54) is 5.56 Å². The van der Waals surface area contributed by atoms with Gasteiger partial charge in [-0.25, -0.2) is 4.79 Å². The first-order valence-electron chi connectivity index (χ1n) is 8.49. The summed E-state index contributed by atoms with van der Waals surface area (Å²) in [7, 11) is 3.49. The number of aryl methyl sites for hydroxylation is 2. The van der Waals surface area contributed by atoms with Gasteiger partial charge in [-0.2, -0.15) is 5.10 Å². The number of amides is 2. The van der Waals surface area contributed by atoms with E-state index in [4.69, 9.17) is 4.74 Å². The average Bonchev–Trinajstić information content (AvgIpc) is 2.86. The van der Waals surface area contributed by atoms with Gasteiger partial charge in [0.25, 0.3) is 0 Å². The lowest BCUT2D eigenvalue weighted by molar-refractivity contribution is 0.182. The SMILES string of the molecule is COCCn1nc(C)c(CNC(=O)N(C)Cc2ccccc2C)c1C. The molecule has 0 aliphatic rings. The van der Waals surface area contributed by atoms with E-state index in [1.54, 1.807) is 12.0 Å². The normalized spacial score (nSPS) is 10.8. The minimum Gasteiger partial charge on any atom is -0.383 e. The summed E-state index contributed by atoms with van der Waals surface area (Å²) in [5.41, 5.74) is 5.41. The van der Waals surface area contributed by atoms with Gasteiger partial charge in [-0.1, -0.05) is 24.3 Å². The lowest BCUT2D eigenvalue weighted by Crippen LogP contribution is -2.36. The first-order chi connectivity index (χ1) is 11.9. The third kappa shape index (κ3) is 4.82. The molecular formula is C19H28N4O2. The fourth-order valence-electron chi connectivity index (χ4n) is 2.80. The molecule has 0 fully saturated rings. The van der Waals surface area contributed by atoms with Crippen molar-refractivity contribution in [2.24, 2.45) is 0 Å². The Morgan fingerprint density at radius 1 is 1.28 bits per heavy atom. The maximum Gasteiger partial charge on any atom is 0.317 e. The van der Waals surface area contributed by atoms with Gasteiger partial charge >= 0.3 is 6.03 Å². The summed E-state index contributed by atoms with van der Waals surface area (Å²) in [6.45, 7) is 8.44. The fourth-order valence-corrected chi connectivity index (χ4v) is 2.80. The van der Waals surface area contributed by atoms with Crippen LogP contribution in [-0.2, 0) is 24.4 Å². The van der Waals surface area contributed by atoms with Crippen LogP contribution in [0.15, 0.2) is 24.3 Å². The quantitative estimate of drug-likeness (QED) is 0.840. The summed E-state index contributed by atoms with van der Waals surface area (Å²) in [5, 5.41) is 7.51. The van der Waals surface area contributed by atoms with Gasteiger partial charge in [0, 0.05) is 38.5 Å². The molecule has 136 valence electrons. The number of hydrogen-bond acceptors (Lipinski definition) is 3. The van der Waals surface area contributed by atoms with Crippen molar-refractivity contribution in [3.63, 3.8) is 0 Å². The number of hydrogen-bond donors (Lipinski definition) is 1. The Balaban J connectivity index is 1.95. The smallest absolute Gasteiger partial charge is 0.317 e. The van der Waals surface area contributed by atoms with Gasteiger partial charge in [-0.05, 0) is 31.9 Å². The highest BCUT2D eigenvalue weighted by molar-refractivity contribution is 5.74. The lowest BCUT2D eigenvalue weighted by atomic mass is 10.1. The molecule has 2 amide bonds. The van der Waals surface area contributed by atoms with Gasteiger partial charge < -0.3 is 15.0 Å². The zero-order valence-corrected chi connectivity index (χ0v) is 15.8. The van der Waals surface area contributed by atoms with Crippen molar-refractivity contribution in [1.29, 1.82) is 0 Å². The third-order valence-corrected chi connectivity index (χ3v) is 4.47. The first kappa shape index (κ1) is 19.0. The molecule has 6 nitrogen and oxygen atoms in total. The third-order valence-electron chi connectivity index (χ3n) is 4.47. The predicted molar refractivity (Wildman–Crippen MR) is 98.5 cm³/mol. The largest absolute Gasteiger partial charge is 0.383 e. The highest BCUT2D eigenvalue weighted by Crippen LogP contribution is 2.13. The Morgan fingerprint density at radius 2 is 2.00 bits per heavy atom. The summed E-state index contributed by atoms with van der Waals surface area (Å²) in [5.74, 6) is 0. The second-order valence-corrected chi connectivity index (χ2v) is 6.31. The second kappa shape index (κ2) is 8.67. The van der Waals surface area contributed by atoms with Crippen LogP contribution in [0.2, 0.25) is 0 Å². The van der Waals surface area contributed by atoms with E-state index < -0.39 is 0 Å². The zero-order valence-electron chi connectivity index (χ0n) is 15.8. The number of carbonyl (C=O) groups is 1. The molecular weight excluding hydrogens is 316 g/mol. The Morgan fingerprint density at radius 3 is 2.68 bits per heavy atom. The molecule has 1 aromatic carbocycles. The molecule has 2 rings (SSSR count). The van der Waals surface area contributed by atoms with E-state index in [0.29, 0.717) is 26.2 Å². The van der Waals surface area contributed by atoms with Gasteiger partial charge in [0.2, 0.25) is 0 Å². The number of methoxy groups -OCH3 is 1. The van der Waals surface area contributed by atoms with Crippen molar-refractivity contribution in [3.05, 3.63) is 52.3 Å². The minimum absolute atomic E-state index is 0.0910. The van der Waals surface area contributed by atoms with E-state index in [1.807, 2.05) is 43.8 Å². The van der Waals surface area contributed by atoms with E-state index in [-0.39, 0.29) is 6.03 Å². The van der Waals surface area contributed by atoms with E-state index in [0.717, 1.165) is 22.5 Å². The molecule has 0 bridgehead atoms. The maximum absolute atomic E-state index is 12.4. The lowest BCUT2D eigenvalue weighted by Gasteiger charge is -2.19. The molecule has 0 aliphatic carbocycles. The number of rotatable bonds is 7. The molecule has 0 atom stereocenters. The fraction of sp³-hybridized carbons (Fsp3) is 0.474. The van der Waals surface area contributed by atoms with Crippen LogP contribution in [0.4, 0.5) is 4.79 Å². The van der Waals surface area contributed by atoms with Crippen LogP contribution in [0.1, 0.15) is 28.1 Å². The van der Waals surface area contributed by atoms with Gasteiger partial charge in [-0.3, -0.25) is 4.68 Å². The molecule has 25 heavy (non-hydrogen) atoms. The van der Waals surface area contributed by atoms with Crippen LogP contribution in [0.3, 0.4) is 0 Å². The Labute approximate surface area is 149 Å². The number of aromatic nitrogens is 2. The number of nitrogens with zero attached hydrogens (tertiary/aromatic N) is 3. The number of ether oxygens (including phenoxy) is 1. The van der Waals surface area contributed by atoms with Crippen molar-refractivity contribution in [3.8, 4) is 0 Å². The summed E-state index contributed by atoms with van der Waals surface area (Å²) in [4.78, 5) is 14.1. The van der Waals surface area contributed by atoms with Crippen molar-refractivity contribution in [2.75, 3.05) is 20.8 Å². The Bertz CT molecular complexity index is 724. The zero-order chi connectivity index (χ0) is 18.4. The predicted octanol–water partition coefficient (Wildman–Crippen LogP) is 2.80. The molecule has 6 heteroatoms. The molecule has 1 aromatic heterocycles. The first-order valence-corrected chi connectivity index (χ1v) is 8.49. The topological polar surface area (TPSA) is 59.4 Å². The summed E-state index contributed by atoms with van der Waals surface area (Å²) < 4.78 is 7.04. The molecule has 0 saturated carbocycles. The van der Waals surface area contributed by atoms with Crippen LogP contribution in [-0.4, -0.2) is 41.5 Å². The summed E-state index contributed by atoms with van der Waals surface area (Å²) in [6.07, 6.45) is 0. The van der Waals surface area contributed by atoms with E-state index in [9.17, 15) is 4.79 Å². The van der Waals surface area contributed by atoms with Crippen molar-refractivity contribution >= 4 is 6.03 Å². The minimum atomic E-state index is -0.0910. The van der Waals surface area contributed by atoms with Gasteiger partial charge in [0.1, 0.15) is 0 Å². The van der Waals surface area contributed by atoms with Gasteiger partial charge in [-0.15, -0.1) is 0 Å². The molecule has 0 radical (unpaired) electrons. The molecule has 0 spiro atoms. The van der Waals surface area contributed by atoms with E-state index >= 15 is 0 Å². The molecule has 0 saturated heterocycles. The highest BCUT2D eigenvalue weighted by atomic mass is 16.5. The second-order valence-electron chi connectivity index (χ2n) is 6.31. The maximum atomic E-state index is 12.4. The van der Waals surface area contributed by atoms with Crippen LogP contribution in [0.5, 0.6) is 0 Å². The average molecular weight is 344 g/mol. The van der Waals surface area contributed by atoms with Gasteiger partial charge in [0.05, 0.1) is 18.8 Å². The standard InChI is InChI=1S/C19H28N4O2/c1-14-8-6-7-9-17(14)13-22(4)19(24)20-12-18-15(2)21-23(16(18)3)10-11-25-5/h6-9H,10-13H2,1-5H3,(H,20,24). The Kier molecular flexibility index (Phi) is 6.58. The summed E-state index contributed by atoms with van der Waals surface area (Å²) in [6, 6.07) is 8.02. The molecule has 0 aliphatic heterocycles. The molecule has 2 aromatic rings. The van der Waals surface area contributed by atoms with Crippen LogP contribution < -0.4 is 5.32 Å². The van der Waals surface area contributed by atoms with E-state index in [2.05, 4.69) is 23.4 Å². The molecule has 1 heterocycles. The van der Waals surface area contributed by atoms with Crippen LogP contribution >= 0.6 is 0 Å². The highest BCUT2D eigenvalue weighted by Gasteiger charge is 2.14. The van der Waals surface area contributed by atoms with Crippen molar-refractivity contribution in [1.82, 2.24) is 20.0 Å². The van der Waals surface area contributed by atoms with Crippen molar-refractivity contribution < 1.29 is 9.53 Å². The monoisotopic (exact) mass is 344 g/mol. The van der Waals surface area contributed by atoms with Crippen molar-refractivity contribution in [2.45, 2.75) is 40.4 Å². The van der Waals surface area contributed by atoms with Crippen LogP contribution in [0, 0.1) is 20.8 Å². The Hall–Kier alpha value is -2.34. The molecule has 1 N–H and O–H groups in total. The number of carbonyl (C=O) groups excluding carboxylic acids is 1. The van der Waals surface area contributed by atoms with Gasteiger partial charge in [0.15, 0.2) is 0 Å². The number of urea groups is 1.